The fourth-order valence-corrected chi connectivity index (χ4v) is 6.61. The summed E-state index contributed by atoms with van der Waals surface area (Å²) in [6.45, 7) is 2.83. The Labute approximate surface area is 207 Å². The van der Waals surface area contributed by atoms with Crippen LogP contribution in [0, 0.1) is 0 Å². The van der Waals surface area contributed by atoms with Crippen LogP contribution in [0.5, 0.6) is 0 Å². The Morgan fingerprint density at radius 1 is 1.20 bits per heavy atom. The molecule has 0 radical (unpaired) electrons. The zero-order valence-electron chi connectivity index (χ0n) is 19.3. The van der Waals surface area contributed by atoms with Crippen molar-refractivity contribution in [1.29, 1.82) is 0 Å². The van der Waals surface area contributed by atoms with Gasteiger partial charge in [0.15, 0.2) is 5.16 Å². The molecular formula is C23H27N3O7S2. The van der Waals surface area contributed by atoms with Crippen LogP contribution in [0.25, 0.3) is 11.0 Å². The van der Waals surface area contributed by atoms with E-state index in [1.807, 2.05) is 6.07 Å². The van der Waals surface area contributed by atoms with E-state index in [9.17, 15) is 13.2 Å². The maximum Gasteiger partial charge on any atom is 0.373 e. The van der Waals surface area contributed by atoms with Gasteiger partial charge in [-0.1, -0.05) is 11.8 Å². The molecular weight excluding hydrogens is 494 g/mol. The number of sulfonamides is 1. The standard InChI is InChI=1S/C23H27N3O7S2/c1-30-22(27)21-7-4-17(33-21)15-34-23-24-19-13-18(35(28,29)25-8-11-31-12-9-25)5-6-20(19)26(23)14-16-3-2-10-32-16/h4-7,13,16H,2-3,8-12,14-15H2,1H3/t16-/m1/s1. The van der Waals surface area contributed by atoms with E-state index in [1.165, 1.54) is 23.2 Å². The van der Waals surface area contributed by atoms with Gasteiger partial charge in [0.2, 0.25) is 15.8 Å². The van der Waals surface area contributed by atoms with Gasteiger partial charge in [-0.3, -0.25) is 0 Å². The van der Waals surface area contributed by atoms with E-state index in [0.29, 0.717) is 49.9 Å². The Morgan fingerprint density at radius 2 is 2.03 bits per heavy atom. The Hall–Kier alpha value is -2.38. The van der Waals surface area contributed by atoms with Crippen molar-refractivity contribution in [2.24, 2.45) is 0 Å². The largest absolute Gasteiger partial charge is 0.463 e. The number of aromatic nitrogens is 2. The van der Waals surface area contributed by atoms with Gasteiger partial charge >= 0.3 is 5.97 Å². The van der Waals surface area contributed by atoms with E-state index in [0.717, 1.165) is 30.1 Å². The minimum absolute atomic E-state index is 0.0815. The minimum atomic E-state index is -3.63. The Kier molecular flexibility index (Phi) is 7.17. The number of methoxy groups -OCH3 is 1. The van der Waals surface area contributed by atoms with Crippen molar-refractivity contribution in [3.8, 4) is 0 Å². The molecule has 0 unspecified atom stereocenters. The molecule has 2 fully saturated rings. The summed E-state index contributed by atoms with van der Waals surface area (Å²) in [5.41, 5.74) is 1.45. The Morgan fingerprint density at radius 3 is 2.77 bits per heavy atom. The molecule has 5 rings (SSSR count). The van der Waals surface area contributed by atoms with Crippen molar-refractivity contribution < 1.29 is 31.8 Å². The summed E-state index contributed by atoms with van der Waals surface area (Å²) in [6.07, 6.45) is 2.07. The number of hydrogen-bond acceptors (Lipinski definition) is 9. The lowest BCUT2D eigenvalue weighted by Crippen LogP contribution is -2.40. The first-order valence-electron chi connectivity index (χ1n) is 11.5. The third-order valence-electron chi connectivity index (χ3n) is 6.09. The molecule has 0 amide bonds. The van der Waals surface area contributed by atoms with Crippen molar-refractivity contribution in [3.05, 3.63) is 41.9 Å². The van der Waals surface area contributed by atoms with Gasteiger partial charge in [0.25, 0.3) is 0 Å². The first-order valence-corrected chi connectivity index (χ1v) is 13.9. The number of rotatable bonds is 8. The predicted molar refractivity (Wildman–Crippen MR) is 128 cm³/mol. The summed E-state index contributed by atoms with van der Waals surface area (Å²) in [5, 5.41) is 0.729. The molecule has 2 aliphatic heterocycles. The first kappa shape index (κ1) is 24.3. The summed E-state index contributed by atoms with van der Waals surface area (Å²) in [4.78, 5) is 16.7. The topological polar surface area (TPSA) is 113 Å². The second-order valence-electron chi connectivity index (χ2n) is 8.35. The zero-order valence-corrected chi connectivity index (χ0v) is 21.0. The molecule has 4 heterocycles. The molecule has 3 aromatic rings. The molecule has 1 aromatic carbocycles. The van der Waals surface area contributed by atoms with Gasteiger partial charge in [-0.05, 0) is 43.2 Å². The smallest absolute Gasteiger partial charge is 0.373 e. The van der Waals surface area contributed by atoms with Crippen molar-refractivity contribution in [3.63, 3.8) is 0 Å². The quantitative estimate of drug-likeness (QED) is 0.326. The summed E-state index contributed by atoms with van der Waals surface area (Å²) >= 11 is 1.46. The molecule has 0 saturated carbocycles. The van der Waals surface area contributed by atoms with Crippen LogP contribution < -0.4 is 0 Å². The number of benzene rings is 1. The van der Waals surface area contributed by atoms with Crippen LogP contribution in [-0.2, 0) is 36.5 Å². The second kappa shape index (κ2) is 10.3. The molecule has 12 heteroatoms. The highest BCUT2D eigenvalue weighted by molar-refractivity contribution is 7.98. The fraction of sp³-hybridized carbons (Fsp3) is 0.478. The number of nitrogens with zero attached hydrogens (tertiary/aromatic N) is 3. The van der Waals surface area contributed by atoms with E-state index in [-0.39, 0.29) is 16.8 Å². The Balaban J connectivity index is 1.44. The monoisotopic (exact) mass is 521 g/mol. The van der Waals surface area contributed by atoms with Crippen LogP contribution in [0.15, 0.2) is 44.8 Å². The number of fused-ring (bicyclic) bond motifs is 1. The van der Waals surface area contributed by atoms with Crippen LogP contribution in [0.1, 0.15) is 29.2 Å². The number of ether oxygens (including phenoxy) is 3. The lowest BCUT2D eigenvalue weighted by Gasteiger charge is -2.26. The highest BCUT2D eigenvalue weighted by atomic mass is 32.2. The second-order valence-corrected chi connectivity index (χ2v) is 11.2. The molecule has 35 heavy (non-hydrogen) atoms. The van der Waals surface area contributed by atoms with Crippen LogP contribution in [0.3, 0.4) is 0 Å². The normalized spacial score (nSPS) is 19.4. The number of thioether (sulfide) groups is 1. The van der Waals surface area contributed by atoms with Gasteiger partial charge in [-0.15, -0.1) is 0 Å². The van der Waals surface area contributed by atoms with E-state index < -0.39 is 16.0 Å². The molecule has 2 saturated heterocycles. The zero-order chi connectivity index (χ0) is 24.4. The van der Waals surface area contributed by atoms with E-state index in [1.54, 1.807) is 24.3 Å². The molecule has 188 valence electrons. The molecule has 1 atom stereocenters. The first-order chi connectivity index (χ1) is 17.0. The lowest BCUT2D eigenvalue weighted by molar-refractivity contribution is 0.0563. The van der Waals surface area contributed by atoms with Crippen LogP contribution >= 0.6 is 11.8 Å². The lowest BCUT2D eigenvalue weighted by atomic mass is 10.2. The van der Waals surface area contributed by atoms with Crippen LogP contribution in [0.4, 0.5) is 0 Å². The highest BCUT2D eigenvalue weighted by Gasteiger charge is 2.28. The summed E-state index contributed by atoms with van der Waals surface area (Å²) < 4.78 is 51.3. The number of carbonyl (C=O) groups excluding carboxylic acids is 1. The maximum absolute atomic E-state index is 13.2. The minimum Gasteiger partial charge on any atom is -0.463 e. The predicted octanol–water partition coefficient (Wildman–Crippen LogP) is 2.91. The van der Waals surface area contributed by atoms with E-state index in [4.69, 9.17) is 23.6 Å². The van der Waals surface area contributed by atoms with Gasteiger partial charge in [0.1, 0.15) is 5.76 Å². The van der Waals surface area contributed by atoms with Crippen LogP contribution in [0.2, 0.25) is 0 Å². The van der Waals surface area contributed by atoms with Gasteiger partial charge in [0, 0.05) is 19.7 Å². The molecule has 2 aromatic heterocycles. The van der Waals surface area contributed by atoms with Crippen molar-refractivity contribution in [1.82, 2.24) is 13.9 Å². The van der Waals surface area contributed by atoms with E-state index in [2.05, 4.69) is 4.57 Å². The average Bonchev–Trinajstić information content (AvgIpc) is 3.64. The maximum atomic E-state index is 13.2. The van der Waals surface area contributed by atoms with Crippen molar-refractivity contribution >= 4 is 38.8 Å². The van der Waals surface area contributed by atoms with Crippen molar-refractivity contribution in [2.75, 3.05) is 40.0 Å². The molecule has 0 bridgehead atoms. The van der Waals surface area contributed by atoms with Gasteiger partial charge in [0.05, 0.1) is 54.7 Å². The summed E-state index contributed by atoms with van der Waals surface area (Å²) in [5.74, 6) is 0.682. The molecule has 10 nitrogen and oxygen atoms in total. The number of hydrogen-bond donors (Lipinski definition) is 0. The number of morpholine rings is 1. The summed E-state index contributed by atoms with van der Waals surface area (Å²) in [6, 6.07) is 8.42. The number of esters is 1. The molecule has 0 spiro atoms. The van der Waals surface area contributed by atoms with E-state index >= 15 is 0 Å². The van der Waals surface area contributed by atoms with Gasteiger partial charge in [-0.25, -0.2) is 18.2 Å². The number of imidazole rings is 1. The SMILES string of the molecule is COC(=O)c1ccc(CSc2nc3cc(S(=O)(=O)N4CCOCC4)ccc3n2C[C@H]2CCCO2)o1. The number of carbonyl (C=O) groups is 1. The molecule has 0 N–H and O–H groups in total. The van der Waals surface area contributed by atoms with Crippen molar-refractivity contribution in [2.45, 2.75) is 41.3 Å². The third-order valence-corrected chi connectivity index (χ3v) is 8.99. The Bertz CT molecular complexity index is 1310. The van der Waals surface area contributed by atoms with Gasteiger partial charge < -0.3 is 23.2 Å². The molecule has 2 aliphatic rings. The number of furan rings is 1. The highest BCUT2D eigenvalue weighted by Crippen LogP contribution is 2.31. The summed E-state index contributed by atoms with van der Waals surface area (Å²) in [7, 11) is -2.32. The molecule has 0 aliphatic carbocycles. The third kappa shape index (κ3) is 5.12. The van der Waals surface area contributed by atoms with Crippen LogP contribution in [-0.4, -0.2) is 74.4 Å². The fourth-order valence-electron chi connectivity index (χ4n) is 4.26. The van der Waals surface area contributed by atoms with Gasteiger partial charge in [-0.2, -0.15) is 4.31 Å². The average molecular weight is 522 g/mol.